The summed E-state index contributed by atoms with van der Waals surface area (Å²) in [6, 6.07) is 9.47. The summed E-state index contributed by atoms with van der Waals surface area (Å²) in [4.78, 5) is 0. The van der Waals surface area contributed by atoms with E-state index >= 15 is 0 Å². The molecule has 0 fully saturated rings. The van der Waals surface area contributed by atoms with Gasteiger partial charge in [0.25, 0.3) is 0 Å². The molecule has 0 spiro atoms. The fourth-order valence-electron chi connectivity index (χ4n) is 0.761. The first kappa shape index (κ1) is 10.9. The molecule has 0 saturated carbocycles. The van der Waals surface area contributed by atoms with Crippen LogP contribution in [-0.2, 0) is 0 Å². The van der Waals surface area contributed by atoms with E-state index in [9.17, 15) is 0 Å². The van der Waals surface area contributed by atoms with Crippen LogP contribution in [-0.4, -0.2) is 17.2 Å². The van der Waals surface area contributed by atoms with Crippen LogP contribution in [0.25, 0.3) is 6.08 Å². The second-order valence-corrected chi connectivity index (χ2v) is 2.18. The van der Waals surface area contributed by atoms with Gasteiger partial charge in [-0.15, -0.1) is 0 Å². The van der Waals surface area contributed by atoms with Crippen LogP contribution in [0.4, 0.5) is 0 Å². The standard InChI is InChI=1S/C8H9BO2.CH4/c10-9(11)7-6-8-4-2-1-3-5-8;/h1-7,10-11H;1H4/b7-6+;. The summed E-state index contributed by atoms with van der Waals surface area (Å²) in [5.41, 5.74) is 0.959. The maximum atomic E-state index is 8.48. The van der Waals surface area contributed by atoms with Crippen LogP contribution in [0.15, 0.2) is 36.3 Å². The van der Waals surface area contributed by atoms with Crippen molar-refractivity contribution in [2.45, 2.75) is 7.43 Å². The van der Waals surface area contributed by atoms with E-state index in [1.54, 1.807) is 6.08 Å². The molecule has 12 heavy (non-hydrogen) atoms. The minimum Gasteiger partial charge on any atom is -0.424 e. The van der Waals surface area contributed by atoms with Crippen LogP contribution in [0.5, 0.6) is 0 Å². The van der Waals surface area contributed by atoms with Crippen molar-refractivity contribution >= 4 is 13.2 Å². The zero-order valence-electron chi connectivity index (χ0n) is 6.01. The predicted molar refractivity (Wildman–Crippen MR) is 52.4 cm³/mol. The van der Waals surface area contributed by atoms with Gasteiger partial charge in [0.15, 0.2) is 0 Å². The van der Waals surface area contributed by atoms with Crippen LogP contribution in [0.2, 0.25) is 0 Å². The molecule has 1 rings (SSSR count). The first-order valence-electron chi connectivity index (χ1n) is 3.38. The Kier molecular flexibility index (Phi) is 5.09. The molecule has 0 bridgehead atoms. The topological polar surface area (TPSA) is 40.5 Å². The summed E-state index contributed by atoms with van der Waals surface area (Å²) in [6.45, 7) is 0. The zero-order chi connectivity index (χ0) is 8.10. The summed E-state index contributed by atoms with van der Waals surface area (Å²) in [5.74, 6) is 1.31. The van der Waals surface area contributed by atoms with E-state index in [1.165, 1.54) is 5.98 Å². The molecule has 0 unspecified atom stereocenters. The molecular formula is C9H13BO2. The average Bonchev–Trinajstić information content (AvgIpc) is 2.03. The Morgan fingerprint density at radius 3 is 2.17 bits per heavy atom. The second-order valence-electron chi connectivity index (χ2n) is 2.18. The lowest BCUT2D eigenvalue weighted by molar-refractivity contribution is 0.424. The number of rotatable bonds is 2. The number of hydrogen-bond acceptors (Lipinski definition) is 2. The molecule has 2 N–H and O–H groups in total. The molecule has 0 atom stereocenters. The van der Waals surface area contributed by atoms with Gasteiger partial charge in [0.2, 0.25) is 0 Å². The van der Waals surface area contributed by atoms with E-state index < -0.39 is 7.12 Å². The quantitative estimate of drug-likeness (QED) is 0.647. The molecule has 3 heteroatoms. The van der Waals surface area contributed by atoms with E-state index in [1.807, 2.05) is 30.3 Å². The fraction of sp³-hybridized carbons (Fsp3) is 0.111. The normalized spacial score (nSPS) is 9.50. The van der Waals surface area contributed by atoms with Crippen molar-refractivity contribution in [2.75, 3.05) is 0 Å². The Morgan fingerprint density at radius 1 is 1.08 bits per heavy atom. The third-order valence-electron chi connectivity index (χ3n) is 1.26. The van der Waals surface area contributed by atoms with Crippen LogP contribution in [0.1, 0.15) is 13.0 Å². The van der Waals surface area contributed by atoms with Crippen molar-refractivity contribution in [1.82, 2.24) is 0 Å². The summed E-state index contributed by atoms with van der Waals surface area (Å²) >= 11 is 0. The summed E-state index contributed by atoms with van der Waals surface area (Å²) in [5, 5.41) is 17.0. The molecule has 64 valence electrons. The molecule has 0 heterocycles. The van der Waals surface area contributed by atoms with Gasteiger partial charge in [0.05, 0.1) is 0 Å². The molecule has 0 aromatic heterocycles. The minimum atomic E-state index is -1.37. The first-order valence-corrected chi connectivity index (χ1v) is 3.38. The molecule has 1 aromatic rings. The molecule has 2 nitrogen and oxygen atoms in total. The van der Waals surface area contributed by atoms with Gasteiger partial charge in [-0.2, -0.15) is 0 Å². The van der Waals surface area contributed by atoms with Gasteiger partial charge in [-0.1, -0.05) is 49.8 Å². The molecule has 0 aliphatic carbocycles. The molecule has 0 aliphatic heterocycles. The Labute approximate surface area is 73.3 Å². The van der Waals surface area contributed by atoms with Crippen molar-refractivity contribution in [3.63, 3.8) is 0 Å². The smallest absolute Gasteiger partial charge is 0.424 e. The van der Waals surface area contributed by atoms with Crippen LogP contribution in [0.3, 0.4) is 0 Å². The van der Waals surface area contributed by atoms with E-state index in [-0.39, 0.29) is 7.43 Å². The highest BCUT2D eigenvalue weighted by atomic mass is 16.4. The van der Waals surface area contributed by atoms with Crippen molar-refractivity contribution < 1.29 is 10.0 Å². The Bertz CT molecular complexity index is 232. The lowest BCUT2D eigenvalue weighted by Gasteiger charge is -1.90. The molecule has 0 aliphatic rings. The highest BCUT2D eigenvalue weighted by Gasteiger charge is 1.96. The van der Waals surface area contributed by atoms with Crippen LogP contribution < -0.4 is 0 Å². The third kappa shape index (κ3) is 3.96. The predicted octanol–water partition coefficient (Wildman–Crippen LogP) is 1.35. The van der Waals surface area contributed by atoms with E-state index in [0.29, 0.717) is 0 Å². The van der Waals surface area contributed by atoms with Gasteiger partial charge in [0, 0.05) is 0 Å². The third-order valence-corrected chi connectivity index (χ3v) is 1.26. The molecule has 0 radical (unpaired) electrons. The molecule has 0 amide bonds. The van der Waals surface area contributed by atoms with Gasteiger partial charge >= 0.3 is 7.12 Å². The van der Waals surface area contributed by atoms with Gasteiger partial charge in [-0.05, 0) is 5.56 Å². The number of benzene rings is 1. The summed E-state index contributed by atoms with van der Waals surface area (Å²) < 4.78 is 0. The molecule has 1 aromatic carbocycles. The van der Waals surface area contributed by atoms with Gasteiger partial charge < -0.3 is 10.0 Å². The summed E-state index contributed by atoms with van der Waals surface area (Å²) in [7, 11) is -1.37. The molecule has 0 saturated heterocycles. The largest absolute Gasteiger partial charge is 0.480 e. The maximum absolute atomic E-state index is 8.48. The lowest BCUT2D eigenvalue weighted by Crippen LogP contribution is -2.05. The van der Waals surface area contributed by atoms with E-state index in [0.717, 1.165) is 5.56 Å². The average molecular weight is 164 g/mol. The van der Waals surface area contributed by atoms with Gasteiger partial charge in [-0.25, -0.2) is 0 Å². The number of hydrogen-bond donors (Lipinski definition) is 2. The van der Waals surface area contributed by atoms with Gasteiger partial charge in [0.1, 0.15) is 0 Å². The maximum Gasteiger partial charge on any atom is 0.480 e. The van der Waals surface area contributed by atoms with Crippen molar-refractivity contribution in [3.8, 4) is 0 Å². The lowest BCUT2D eigenvalue weighted by atomic mass is 9.91. The summed E-state index contributed by atoms with van der Waals surface area (Å²) in [6.07, 6.45) is 1.66. The van der Waals surface area contributed by atoms with Crippen molar-refractivity contribution in [2.24, 2.45) is 0 Å². The van der Waals surface area contributed by atoms with Crippen molar-refractivity contribution in [1.29, 1.82) is 0 Å². The molecular weight excluding hydrogens is 151 g/mol. The van der Waals surface area contributed by atoms with Crippen molar-refractivity contribution in [3.05, 3.63) is 41.9 Å². The fourth-order valence-corrected chi connectivity index (χ4v) is 0.761. The van der Waals surface area contributed by atoms with Crippen LogP contribution >= 0.6 is 0 Å². The first-order chi connectivity index (χ1) is 5.29. The highest BCUT2D eigenvalue weighted by molar-refractivity contribution is 6.48. The Balaban J connectivity index is 0.00000121. The van der Waals surface area contributed by atoms with E-state index in [4.69, 9.17) is 10.0 Å². The van der Waals surface area contributed by atoms with Gasteiger partial charge in [-0.3, -0.25) is 0 Å². The van der Waals surface area contributed by atoms with Crippen LogP contribution in [0, 0.1) is 0 Å². The zero-order valence-corrected chi connectivity index (χ0v) is 6.01. The van der Waals surface area contributed by atoms with E-state index in [2.05, 4.69) is 0 Å². The Morgan fingerprint density at radius 2 is 1.67 bits per heavy atom. The second kappa shape index (κ2) is 5.58. The SMILES string of the molecule is C.OB(O)/C=C/c1ccccc1. The Hall–Kier alpha value is -1.06. The minimum absolute atomic E-state index is 0. The monoisotopic (exact) mass is 164 g/mol. The highest BCUT2D eigenvalue weighted by Crippen LogP contribution is 2.00.